The molecule has 0 N–H and O–H groups in total. The average Bonchev–Trinajstić information content (AvgIpc) is 3.10. The molecule has 2 aromatic rings. The van der Waals surface area contributed by atoms with E-state index in [1.807, 2.05) is 23.1 Å². The molecule has 0 spiro atoms. The number of rotatable bonds is 4. The third-order valence-electron chi connectivity index (χ3n) is 3.82. The SMILES string of the molecule is CC(C)(C)c1cnc(CN2CCOC(Cn3cccn3)C2)o1. The molecule has 1 aliphatic heterocycles. The number of hydrogen-bond donors (Lipinski definition) is 0. The molecule has 120 valence electrons. The maximum Gasteiger partial charge on any atom is 0.208 e. The summed E-state index contributed by atoms with van der Waals surface area (Å²) >= 11 is 0. The van der Waals surface area contributed by atoms with Crippen molar-refractivity contribution in [3.63, 3.8) is 0 Å². The predicted molar refractivity (Wildman–Crippen MR) is 82.4 cm³/mol. The van der Waals surface area contributed by atoms with E-state index in [0.29, 0.717) is 0 Å². The first-order valence-corrected chi connectivity index (χ1v) is 7.77. The maximum atomic E-state index is 5.88. The van der Waals surface area contributed by atoms with Gasteiger partial charge in [-0.3, -0.25) is 9.58 Å². The Kier molecular flexibility index (Phi) is 4.31. The molecule has 6 heteroatoms. The zero-order chi connectivity index (χ0) is 15.6. The van der Waals surface area contributed by atoms with Gasteiger partial charge in [-0.25, -0.2) is 4.98 Å². The van der Waals surface area contributed by atoms with Gasteiger partial charge in [0.2, 0.25) is 5.89 Å². The average molecular weight is 304 g/mol. The van der Waals surface area contributed by atoms with Crippen LogP contribution in [0.15, 0.2) is 29.1 Å². The van der Waals surface area contributed by atoms with Gasteiger partial charge in [0.1, 0.15) is 5.76 Å². The summed E-state index contributed by atoms with van der Waals surface area (Å²) in [6, 6.07) is 1.93. The second-order valence-corrected chi connectivity index (χ2v) is 6.82. The molecule has 0 saturated carbocycles. The van der Waals surface area contributed by atoms with Gasteiger partial charge in [-0.2, -0.15) is 5.10 Å². The molecule has 6 nitrogen and oxygen atoms in total. The Balaban J connectivity index is 1.57. The maximum absolute atomic E-state index is 5.88. The lowest BCUT2D eigenvalue weighted by Crippen LogP contribution is -2.43. The Morgan fingerprint density at radius 1 is 1.36 bits per heavy atom. The van der Waals surface area contributed by atoms with Crippen LogP contribution in [0, 0.1) is 0 Å². The van der Waals surface area contributed by atoms with Gasteiger partial charge >= 0.3 is 0 Å². The number of morpholine rings is 1. The van der Waals surface area contributed by atoms with Crippen molar-refractivity contribution in [2.75, 3.05) is 19.7 Å². The van der Waals surface area contributed by atoms with Crippen molar-refractivity contribution in [2.45, 2.75) is 45.4 Å². The van der Waals surface area contributed by atoms with Gasteiger partial charge < -0.3 is 9.15 Å². The summed E-state index contributed by atoms with van der Waals surface area (Å²) in [6.45, 7) is 10.4. The van der Waals surface area contributed by atoms with Crippen LogP contribution in [-0.4, -0.2) is 45.5 Å². The van der Waals surface area contributed by atoms with Crippen LogP contribution in [0.1, 0.15) is 32.4 Å². The second-order valence-electron chi connectivity index (χ2n) is 6.82. The molecule has 1 fully saturated rings. The van der Waals surface area contributed by atoms with E-state index in [4.69, 9.17) is 9.15 Å². The van der Waals surface area contributed by atoms with E-state index in [1.54, 1.807) is 6.20 Å². The Hall–Kier alpha value is -1.66. The lowest BCUT2D eigenvalue weighted by Gasteiger charge is -2.32. The van der Waals surface area contributed by atoms with Crippen LogP contribution in [0.2, 0.25) is 0 Å². The van der Waals surface area contributed by atoms with E-state index >= 15 is 0 Å². The zero-order valence-electron chi connectivity index (χ0n) is 13.5. The molecule has 3 heterocycles. The molecule has 0 radical (unpaired) electrons. The van der Waals surface area contributed by atoms with Crippen molar-refractivity contribution < 1.29 is 9.15 Å². The van der Waals surface area contributed by atoms with E-state index in [2.05, 4.69) is 35.8 Å². The highest BCUT2D eigenvalue weighted by Crippen LogP contribution is 2.23. The molecule has 22 heavy (non-hydrogen) atoms. The first-order valence-electron chi connectivity index (χ1n) is 7.77. The fourth-order valence-corrected chi connectivity index (χ4v) is 2.57. The Bertz CT molecular complexity index is 586. The van der Waals surface area contributed by atoms with Crippen LogP contribution in [-0.2, 0) is 23.2 Å². The van der Waals surface area contributed by atoms with Crippen LogP contribution < -0.4 is 0 Å². The highest BCUT2D eigenvalue weighted by molar-refractivity contribution is 5.06. The van der Waals surface area contributed by atoms with Crippen molar-refractivity contribution >= 4 is 0 Å². The molecule has 2 aromatic heterocycles. The van der Waals surface area contributed by atoms with E-state index in [-0.39, 0.29) is 11.5 Å². The van der Waals surface area contributed by atoms with Gasteiger partial charge in [0.05, 0.1) is 32.0 Å². The summed E-state index contributed by atoms with van der Waals surface area (Å²) in [5.41, 5.74) is -0.00110. The number of nitrogens with zero attached hydrogens (tertiary/aromatic N) is 4. The van der Waals surface area contributed by atoms with E-state index in [1.165, 1.54) is 0 Å². The Labute approximate surface area is 131 Å². The second kappa shape index (κ2) is 6.22. The third kappa shape index (κ3) is 3.75. The zero-order valence-corrected chi connectivity index (χ0v) is 13.5. The van der Waals surface area contributed by atoms with E-state index in [0.717, 1.165) is 44.4 Å². The van der Waals surface area contributed by atoms with E-state index < -0.39 is 0 Å². The smallest absolute Gasteiger partial charge is 0.208 e. The largest absolute Gasteiger partial charge is 0.444 e. The van der Waals surface area contributed by atoms with Gasteiger partial charge in [0, 0.05) is 30.9 Å². The first kappa shape index (κ1) is 15.2. The van der Waals surface area contributed by atoms with Crippen molar-refractivity contribution in [3.8, 4) is 0 Å². The topological polar surface area (TPSA) is 56.3 Å². The van der Waals surface area contributed by atoms with Gasteiger partial charge in [0.15, 0.2) is 0 Å². The lowest BCUT2D eigenvalue weighted by atomic mass is 9.94. The van der Waals surface area contributed by atoms with Gasteiger partial charge in [0.25, 0.3) is 0 Å². The van der Waals surface area contributed by atoms with Crippen LogP contribution >= 0.6 is 0 Å². The van der Waals surface area contributed by atoms with Crippen LogP contribution in [0.25, 0.3) is 0 Å². The number of oxazole rings is 1. The van der Waals surface area contributed by atoms with Gasteiger partial charge in [-0.15, -0.1) is 0 Å². The predicted octanol–water partition coefficient (Wildman–Crippen LogP) is 2.07. The minimum atomic E-state index is -0.00110. The normalized spacial score (nSPS) is 20.4. The highest BCUT2D eigenvalue weighted by Gasteiger charge is 2.24. The fourth-order valence-electron chi connectivity index (χ4n) is 2.57. The molecule has 0 aromatic carbocycles. The van der Waals surface area contributed by atoms with Crippen molar-refractivity contribution in [3.05, 3.63) is 36.3 Å². The molecule has 0 bridgehead atoms. The first-order chi connectivity index (χ1) is 10.5. The van der Waals surface area contributed by atoms with E-state index in [9.17, 15) is 0 Å². The molecule has 1 atom stereocenters. The standard InChI is InChI=1S/C16H24N4O2/c1-16(2,3)14-9-17-15(22-14)12-19-7-8-21-13(10-19)11-20-6-4-5-18-20/h4-6,9,13H,7-8,10-12H2,1-3H3. The summed E-state index contributed by atoms with van der Waals surface area (Å²) in [4.78, 5) is 6.74. The van der Waals surface area contributed by atoms with Gasteiger partial charge in [-0.05, 0) is 6.07 Å². The minimum Gasteiger partial charge on any atom is -0.444 e. The van der Waals surface area contributed by atoms with Crippen molar-refractivity contribution in [2.24, 2.45) is 0 Å². The highest BCUT2D eigenvalue weighted by atomic mass is 16.5. The molecule has 0 aliphatic carbocycles. The summed E-state index contributed by atoms with van der Waals surface area (Å²) in [7, 11) is 0. The minimum absolute atomic E-state index is 0.00110. The quantitative estimate of drug-likeness (QED) is 0.865. The van der Waals surface area contributed by atoms with Crippen LogP contribution in [0.3, 0.4) is 0 Å². The molecular formula is C16H24N4O2. The molecule has 3 rings (SSSR count). The van der Waals surface area contributed by atoms with Crippen molar-refractivity contribution in [1.29, 1.82) is 0 Å². The lowest BCUT2D eigenvalue weighted by molar-refractivity contribution is -0.0423. The number of ether oxygens (including phenoxy) is 1. The third-order valence-corrected chi connectivity index (χ3v) is 3.82. The summed E-state index contributed by atoms with van der Waals surface area (Å²) < 4.78 is 13.6. The molecular weight excluding hydrogens is 280 g/mol. The van der Waals surface area contributed by atoms with Crippen LogP contribution in [0.5, 0.6) is 0 Å². The summed E-state index contributed by atoms with van der Waals surface area (Å²) in [5.74, 6) is 1.72. The van der Waals surface area contributed by atoms with Crippen LogP contribution in [0.4, 0.5) is 0 Å². The Morgan fingerprint density at radius 2 is 2.23 bits per heavy atom. The van der Waals surface area contributed by atoms with Crippen molar-refractivity contribution in [1.82, 2.24) is 19.7 Å². The summed E-state index contributed by atoms with van der Waals surface area (Å²) in [6.07, 6.45) is 5.76. The molecule has 1 aliphatic rings. The number of hydrogen-bond acceptors (Lipinski definition) is 5. The Morgan fingerprint density at radius 3 is 2.91 bits per heavy atom. The molecule has 0 amide bonds. The number of aromatic nitrogens is 3. The summed E-state index contributed by atoms with van der Waals surface area (Å²) in [5, 5.41) is 4.24. The molecule has 1 unspecified atom stereocenters. The molecule has 1 saturated heterocycles. The monoisotopic (exact) mass is 304 g/mol. The van der Waals surface area contributed by atoms with Gasteiger partial charge in [-0.1, -0.05) is 20.8 Å². The fraction of sp³-hybridized carbons (Fsp3) is 0.625.